The van der Waals surface area contributed by atoms with E-state index in [2.05, 4.69) is 10.4 Å². The summed E-state index contributed by atoms with van der Waals surface area (Å²) in [6.07, 6.45) is 0.303. The van der Waals surface area contributed by atoms with E-state index in [-0.39, 0.29) is 28.3 Å². The monoisotopic (exact) mass is 445 g/mol. The minimum Gasteiger partial charge on any atom is -0.352 e. The molecular weight excluding hydrogens is 422 g/mol. The van der Waals surface area contributed by atoms with Gasteiger partial charge in [-0.2, -0.15) is 5.10 Å². The summed E-state index contributed by atoms with van der Waals surface area (Å²) in [6.45, 7) is 4.43. The summed E-state index contributed by atoms with van der Waals surface area (Å²) in [5, 5.41) is 7.40. The number of halogens is 1. The molecule has 1 amide bonds. The Balaban J connectivity index is 1.59. The van der Waals surface area contributed by atoms with Crippen LogP contribution in [0.4, 0.5) is 0 Å². The smallest absolute Gasteiger partial charge is 0.256 e. The van der Waals surface area contributed by atoms with Crippen LogP contribution in [0.2, 0.25) is 5.15 Å². The Morgan fingerprint density at radius 2 is 1.73 bits per heavy atom. The maximum absolute atomic E-state index is 12.6. The third-order valence-corrected chi connectivity index (χ3v) is 6.92. The van der Waals surface area contributed by atoms with Gasteiger partial charge in [0, 0.05) is 6.54 Å². The van der Waals surface area contributed by atoms with Crippen LogP contribution in [0.3, 0.4) is 0 Å². The molecule has 0 spiro atoms. The van der Waals surface area contributed by atoms with E-state index >= 15 is 0 Å². The predicted octanol–water partition coefficient (Wildman–Crippen LogP) is 3.80. The van der Waals surface area contributed by atoms with Crippen molar-refractivity contribution in [3.63, 3.8) is 0 Å². The number of hydrogen-bond acceptors (Lipinski definition) is 4. The quantitative estimate of drug-likeness (QED) is 0.535. The van der Waals surface area contributed by atoms with Crippen LogP contribution in [-0.2, 0) is 16.4 Å². The van der Waals surface area contributed by atoms with Crippen molar-refractivity contribution in [3.05, 3.63) is 82.1 Å². The fraction of sp³-hybridized carbons (Fsp3) is 0.273. The molecule has 1 N–H and O–H groups in total. The first-order chi connectivity index (χ1) is 14.3. The molecule has 0 fully saturated rings. The zero-order valence-corrected chi connectivity index (χ0v) is 18.5. The van der Waals surface area contributed by atoms with Gasteiger partial charge < -0.3 is 5.32 Å². The number of nitrogens with zero attached hydrogens (tertiary/aromatic N) is 2. The van der Waals surface area contributed by atoms with Gasteiger partial charge in [0.2, 0.25) is 0 Å². The summed E-state index contributed by atoms with van der Waals surface area (Å²) < 4.78 is 26.2. The number of amides is 1. The molecule has 158 valence electrons. The Morgan fingerprint density at radius 1 is 1.07 bits per heavy atom. The summed E-state index contributed by atoms with van der Waals surface area (Å²) in [6, 6.07) is 16.3. The van der Waals surface area contributed by atoms with Gasteiger partial charge in [0.15, 0.2) is 9.84 Å². The highest BCUT2D eigenvalue weighted by atomic mass is 35.5. The van der Waals surface area contributed by atoms with Crippen LogP contribution in [-0.4, -0.2) is 36.4 Å². The molecule has 3 aromatic rings. The summed E-state index contributed by atoms with van der Waals surface area (Å²) >= 11 is 6.41. The fourth-order valence-electron chi connectivity index (χ4n) is 3.08. The second-order valence-corrected chi connectivity index (χ2v) is 9.60. The van der Waals surface area contributed by atoms with Crippen LogP contribution < -0.4 is 5.32 Å². The van der Waals surface area contributed by atoms with Crippen molar-refractivity contribution < 1.29 is 13.2 Å². The first-order valence-corrected chi connectivity index (χ1v) is 11.7. The molecule has 0 saturated carbocycles. The number of nitrogens with one attached hydrogen (secondary N) is 1. The van der Waals surface area contributed by atoms with E-state index in [1.807, 2.05) is 31.2 Å². The number of benzene rings is 2. The molecule has 1 aromatic heterocycles. The molecule has 30 heavy (non-hydrogen) atoms. The van der Waals surface area contributed by atoms with E-state index in [9.17, 15) is 13.2 Å². The lowest BCUT2D eigenvalue weighted by molar-refractivity contribution is 0.0953. The number of sulfone groups is 1. The molecule has 0 atom stereocenters. The van der Waals surface area contributed by atoms with E-state index in [0.717, 1.165) is 11.1 Å². The zero-order valence-electron chi connectivity index (χ0n) is 16.9. The van der Waals surface area contributed by atoms with Gasteiger partial charge in [-0.3, -0.25) is 4.79 Å². The van der Waals surface area contributed by atoms with Crippen molar-refractivity contribution in [1.29, 1.82) is 0 Å². The van der Waals surface area contributed by atoms with E-state index in [1.54, 1.807) is 41.9 Å². The second kappa shape index (κ2) is 9.45. The van der Waals surface area contributed by atoms with Crippen LogP contribution >= 0.6 is 11.6 Å². The highest BCUT2D eigenvalue weighted by Crippen LogP contribution is 2.21. The Hall–Kier alpha value is -2.64. The van der Waals surface area contributed by atoms with E-state index in [4.69, 9.17) is 11.6 Å². The molecule has 6 nitrogen and oxygen atoms in total. The van der Waals surface area contributed by atoms with Crippen LogP contribution in [0.5, 0.6) is 0 Å². The van der Waals surface area contributed by atoms with E-state index in [0.29, 0.717) is 24.2 Å². The van der Waals surface area contributed by atoms with Gasteiger partial charge in [-0.25, -0.2) is 13.1 Å². The molecule has 2 aromatic carbocycles. The number of aryl methyl sites for hydroxylation is 2. The van der Waals surface area contributed by atoms with Gasteiger partial charge in [0.05, 0.1) is 28.5 Å². The SMILES string of the molecule is Cc1ccc(Cn2nc(C)c(C(=O)NCCCS(=O)(=O)c3ccccc3)c2Cl)cc1. The minimum atomic E-state index is -3.37. The maximum Gasteiger partial charge on any atom is 0.256 e. The first-order valence-electron chi connectivity index (χ1n) is 9.62. The predicted molar refractivity (Wildman–Crippen MR) is 118 cm³/mol. The van der Waals surface area contributed by atoms with Crippen molar-refractivity contribution in [1.82, 2.24) is 15.1 Å². The zero-order chi connectivity index (χ0) is 21.7. The Labute approximate surface area is 181 Å². The highest BCUT2D eigenvalue weighted by molar-refractivity contribution is 7.91. The summed E-state index contributed by atoms with van der Waals surface area (Å²) in [4.78, 5) is 12.9. The lowest BCUT2D eigenvalue weighted by Crippen LogP contribution is -2.26. The fourth-order valence-corrected chi connectivity index (χ4v) is 4.73. The van der Waals surface area contributed by atoms with Crippen LogP contribution in [0, 0.1) is 13.8 Å². The standard InChI is InChI=1S/C22H24ClN3O3S/c1-16-9-11-18(12-10-16)15-26-21(23)20(17(2)25-26)22(27)24-13-6-14-30(28,29)19-7-4-3-5-8-19/h3-5,7-12H,6,13-15H2,1-2H3,(H,24,27). The summed E-state index contributed by atoms with van der Waals surface area (Å²) in [5.74, 6) is -0.402. The van der Waals surface area contributed by atoms with Gasteiger partial charge in [-0.15, -0.1) is 0 Å². The average Bonchev–Trinajstić information content (AvgIpc) is 3.00. The third kappa shape index (κ3) is 5.29. The minimum absolute atomic E-state index is 0.0449. The molecule has 0 aliphatic heterocycles. The molecule has 0 bridgehead atoms. The summed E-state index contributed by atoms with van der Waals surface area (Å²) in [5.41, 5.74) is 3.04. The average molecular weight is 446 g/mol. The number of aromatic nitrogens is 2. The van der Waals surface area contributed by atoms with Gasteiger partial charge >= 0.3 is 0 Å². The first kappa shape index (κ1) is 22.1. The molecule has 0 radical (unpaired) electrons. The molecule has 0 saturated heterocycles. The van der Waals surface area contributed by atoms with Gasteiger partial charge in [0.1, 0.15) is 5.15 Å². The van der Waals surface area contributed by atoms with Crippen molar-refractivity contribution in [2.24, 2.45) is 0 Å². The molecule has 8 heteroatoms. The normalized spacial score (nSPS) is 11.4. The molecule has 0 unspecified atom stereocenters. The Kier molecular flexibility index (Phi) is 6.95. The van der Waals surface area contributed by atoms with Crippen LogP contribution in [0.15, 0.2) is 59.5 Å². The van der Waals surface area contributed by atoms with Crippen LogP contribution in [0.1, 0.15) is 33.6 Å². The lowest BCUT2D eigenvalue weighted by Gasteiger charge is -2.07. The molecule has 1 heterocycles. The topological polar surface area (TPSA) is 81.1 Å². The van der Waals surface area contributed by atoms with Gasteiger partial charge in [-0.05, 0) is 38.0 Å². The second-order valence-electron chi connectivity index (χ2n) is 7.14. The van der Waals surface area contributed by atoms with Crippen molar-refractivity contribution in [2.75, 3.05) is 12.3 Å². The van der Waals surface area contributed by atoms with Crippen LogP contribution in [0.25, 0.3) is 0 Å². The Bertz CT molecular complexity index is 1120. The lowest BCUT2D eigenvalue weighted by atomic mass is 10.1. The van der Waals surface area contributed by atoms with Gasteiger partial charge in [-0.1, -0.05) is 59.6 Å². The van der Waals surface area contributed by atoms with Gasteiger partial charge in [0.25, 0.3) is 5.91 Å². The van der Waals surface area contributed by atoms with Crippen molar-refractivity contribution in [3.8, 4) is 0 Å². The number of carbonyl (C=O) groups is 1. The molecular formula is C22H24ClN3O3S. The van der Waals surface area contributed by atoms with Crippen molar-refractivity contribution in [2.45, 2.75) is 31.7 Å². The maximum atomic E-state index is 12.6. The van der Waals surface area contributed by atoms with Crippen molar-refractivity contribution >= 4 is 27.3 Å². The van der Waals surface area contributed by atoms with E-state index in [1.165, 1.54) is 0 Å². The molecule has 3 rings (SSSR count). The number of carbonyl (C=O) groups excluding carboxylic acids is 1. The highest BCUT2D eigenvalue weighted by Gasteiger charge is 2.20. The Morgan fingerprint density at radius 3 is 2.40 bits per heavy atom. The molecule has 0 aliphatic rings. The number of hydrogen-bond donors (Lipinski definition) is 1. The summed E-state index contributed by atoms with van der Waals surface area (Å²) in [7, 11) is -3.37. The third-order valence-electron chi connectivity index (χ3n) is 4.72. The largest absolute Gasteiger partial charge is 0.352 e. The molecule has 0 aliphatic carbocycles. The van der Waals surface area contributed by atoms with E-state index < -0.39 is 9.84 Å². The number of rotatable bonds is 8.